The number of aliphatic hydroxyl groups excluding tert-OH is 1. The molecule has 2 amide bonds. The van der Waals surface area contributed by atoms with Gasteiger partial charge >= 0.3 is 5.97 Å². The summed E-state index contributed by atoms with van der Waals surface area (Å²) in [6.45, 7) is 2.64. The smallest absolute Gasteiger partial charge is 0.338 e. The topological polar surface area (TPSA) is 95.9 Å². The summed E-state index contributed by atoms with van der Waals surface area (Å²) < 4.78 is 5.14. The first kappa shape index (κ1) is 18.6. The van der Waals surface area contributed by atoms with E-state index >= 15 is 0 Å². The van der Waals surface area contributed by atoms with Crippen LogP contribution in [0.3, 0.4) is 0 Å². The standard InChI is InChI=1S/C20H20N2O5/c1-20(2)19(26)21-15-5-3-4-6-16(15)22(20)17(24)12-27-18(25)14-9-7-13(11-23)8-10-14/h3-10,23H,11-12H2,1-2H3,(H,21,26). The SMILES string of the molecule is CC1(C)C(=O)Nc2ccccc2N1C(=O)COC(=O)c1ccc(CO)cc1. The van der Waals surface area contributed by atoms with Gasteiger partial charge < -0.3 is 15.2 Å². The summed E-state index contributed by atoms with van der Waals surface area (Å²) in [6, 6.07) is 13.2. The van der Waals surface area contributed by atoms with Crippen LogP contribution in [0.15, 0.2) is 48.5 Å². The second-order valence-corrected chi connectivity index (χ2v) is 6.69. The monoisotopic (exact) mass is 368 g/mol. The largest absolute Gasteiger partial charge is 0.452 e. The molecule has 27 heavy (non-hydrogen) atoms. The number of nitrogens with one attached hydrogen (secondary N) is 1. The number of rotatable bonds is 4. The molecule has 1 aliphatic heterocycles. The summed E-state index contributed by atoms with van der Waals surface area (Å²) in [5.74, 6) is -1.47. The van der Waals surface area contributed by atoms with Crippen molar-refractivity contribution in [3.05, 3.63) is 59.7 Å². The summed E-state index contributed by atoms with van der Waals surface area (Å²) in [4.78, 5) is 38.7. The van der Waals surface area contributed by atoms with Gasteiger partial charge in [0, 0.05) is 0 Å². The van der Waals surface area contributed by atoms with Gasteiger partial charge in [-0.05, 0) is 43.7 Å². The van der Waals surface area contributed by atoms with Crippen LogP contribution in [0.5, 0.6) is 0 Å². The van der Waals surface area contributed by atoms with E-state index in [0.29, 0.717) is 16.9 Å². The van der Waals surface area contributed by atoms with Gasteiger partial charge in [0.05, 0.1) is 23.5 Å². The third kappa shape index (κ3) is 3.54. The summed E-state index contributed by atoms with van der Waals surface area (Å²) >= 11 is 0. The first-order chi connectivity index (χ1) is 12.8. The maximum atomic E-state index is 12.8. The fourth-order valence-corrected chi connectivity index (χ4v) is 2.92. The lowest BCUT2D eigenvalue weighted by Crippen LogP contribution is -2.59. The Hall–Kier alpha value is -3.19. The third-order valence-corrected chi connectivity index (χ3v) is 4.46. The predicted molar refractivity (Wildman–Crippen MR) is 99.3 cm³/mol. The number of carbonyl (C=O) groups is 3. The number of benzene rings is 2. The van der Waals surface area contributed by atoms with E-state index in [0.717, 1.165) is 0 Å². The van der Waals surface area contributed by atoms with Crippen LogP contribution in [0.4, 0.5) is 11.4 Å². The molecular weight excluding hydrogens is 348 g/mol. The highest BCUT2D eigenvalue weighted by Crippen LogP contribution is 2.36. The van der Waals surface area contributed by atoms with Crippen LogP contribution in [0.2, 0.25) is 0 Å². The average molecular weight is 368 g/mol. The van der Waals surface area contributed by atoms with Crippen molar-refractivity contribution in [1.82, 2.24) is 0 Å². The number of hydrogen-bond acceptors (Lipinski definition) is 5. The van der Waals surface area contributed by atoms with Gasteiger partial charge in [-0.1, -0.05) is 24.3 Å². The Morgan fingerprint density at radius 1 is 1.11 bits per heavy atom. The fraction of sp³-hybridized carbons (Fsp3) is 0.250. The van der Waals surface area contributed by atoms with E-state index in [2.05, 4.69) is 5.32 Å². The molecular formula is C20H20N2O5. The molecule has 0 aromatic heterocycles. The van der Waals surface area contributed by atoms with Crippen molar-refractivity contribution in [3.8, 4) is 0 Å². The Balaban J connectivity index is 1.76. The Bertz CT molecular complexity index is 890. The van der Waals surface area contributed by atoms with Gasteiger partial charge in [0.1, 0.15) is 5.54 Å². The summed E-state index contributed by atoms with van der Waals surface area (Å²) in [7, 11) is 0. The molecule has 2 aromatic rings. The molecule has 0 aliphatic carbocycles. The van der Waals surface area contributed by atoms with Crippen molar-refractivity contribution in [2.24, 2.45) is 0 Å². The first-order valence-corrected chi connectivity index (χ1v) is 8.45. The van der Waals surface area contributed by atoms with Crippen LogP contribution in [0.25, 0.3) is 0 Å². The van der Waals surface area contributed by atoms with Crippen LogP contribution in [0.1, 0.15) is 29.8 Å². The molecule has 2 aromatic carbocycles. The molecule has 0 bridgehead atoms. The zero-order valence-electron chi connectivity index (χ0n) is 15.1. The number of para-hydroxylation sites is 2. The molecule has 0 atom stereocenters. The number of amides is 2. The Morgan fingerprint density at radius 2 is 1.78 bits per heavy atom. The zero-order chi connectivity index (χ0) is 19.6. The molecule has 0 saturated heterocycles. The van der Waals surface area contributed by atoms with E-state index in [4.69, 9.17) is 9.84 Å². The quantitative estimate of drug-likeness (QED) is 0.806. The van der Waals surface area contributed by atoms with E-state index < -0.39 is 24.0 Å². The highest BCUT2D eigenvalue weighted by atomic mass is 16.5. The minimum atomic E-state index is -1.12. The summed E-state index contributed by atoms with van der Waals surface area (Å²) in [5.41, 5.74) is 0.897. The van der Waals surface area contributed by atoms with Gasteiger partial charge in [-0.25, -0.2) is 4.79 Å². The van der Waals surface area contributed by atoms with Crippen molar-refractivity contribution >= 4 is 29.2 Å². The number of nitrogens with zero attached hydrogens (tertiary/aromatic N) is 1. The predicted octanol–water partition coefficient (Wildman–Crippen LogP) is 2.10. The minimum absolute atomic E-state index is 0.126. The van der Waals surface area contributed by atoms with Crippen LogP contribution < -0.4 is 10.2 Å². The van der Waals surface area contributed by atoms with Gasteiger partial charge in [0.2, 0.25) is 5.91 Å². The van der Waals surface area contributed by atoms with Crippen LogP contribution in [0, 0.1) is 0 Å². The van der Waals surface area contributed by atoms with E-state index in [1.807, 2.05) is 0 Å². The number of carbonyl (C=O) groups excluding carboxylic acids is 3. The molecule has 1 aliphatic rings. The Kier molecular flexibility index (Phi) is 4.96. The van der Waals surface area contributed by atoms with Crippen molar-refractivity contribution in [1.29, 1.82) is 0 Å². The lowest BCUT2D eigenvalue weighted by molar-refractivity contribution is -0.128. The lowest BCUT2D eigenvalue weighted by atomic mass is 9.96. The number of esters is 1. The molecule has 7 heteroatoms. The maximum Gasteiger partial charge on any atom is 0.338 e. The molecule has 0 spiro atoms. The van der Waals surface area contributed by atoms with Crippen molar-refractivity contribution in [2.45, 2.75) is 26.0 Å². The lowest BCUT2D eigenvalue weighted by Gasteiger charge is -2.41. The molecule has 3 rings (SSSR count). The van der Waals surface area contributed by atoms with Crippen molar-refractivity contribution in [3.63, 3.8) is 0 Å². The van der Waals surface area contributed by atoms with E-state index in [1.54, 1.807) is 50.2 Å². The molecule has 0 fully saturated rings. The van der Waals surface area contributed by atoms with Crippen LogP contribution in [-0.4, -0.2) is 35.0 Å². The zero-order valence-corrected chi connectivity index (χ0v) is 15.1. The van der Waals surface area contributed by atoms with E-state index in [1.165, 1.54) is 17.0 Å². The van der Waals surface area contributed by atoms with Crippen molar-refractivity contribution in [2.75, 3.05) is 16.8 Å². The molecule has 7 nitrogen and oxygen atoms in total. The van der Waals surface area contributed by atoms with Gasteiger partial charge in [-0.2, -0.15) is 0 Å². The highest BCUT2D eigenvalue weighted by Gasteiger charge is 2.43. The third-order valence-electron chi connectivity index (χ3n) is 4.46. The van der Waals surface area contributed by atoms with Crippen molar-refractivity contribution < 1.29 is 24.2 Å². The highest BCUT2D eigenvalue weighted by molar-refractivity contribution is 6.14. The minimum Gasteiger partial charge on any atom is -0.452 e. The number of fused-ring (bicyclic) bond motifs is 1. The second kappa shape index (κ2) is 7.20. The normalized spacial score (nSPS) is 14.9. The molecule has 1 heterocycles. The van der Waals surface area contributed by atoms with E-state index in [9.17, 15) is 14.4 Å². The number of hydrogen-bond donors (Lipinski definition) is 2. The van der Waals surface area contributed by atoms with Gasteiger partial charge in [0.15, 0.2) is 6.61 Å². The Labute approximate surface area is 156 Å². The second-order valence-electron chi connectivity index (χ2n) is 6.69. The van der Waals surface area contributed by atoms with Gasteiger partial charge in [-0.15, -0.1) is 0 Å². The summed E-state index contributed by atoms with van der Waals surface area (Å²) in [6.07, 6.45) is 0. The first-order valence-electron chi connectivity index (χ1n) is 8.45. The molecule has 0 unspecified atom stereocenters. The van der Waals surface area contributed by atoms with Gasteiger partial charge in [-0.3, -0.25) is 14.5 Å². The fourth-order valence-electron chi connectivity index (χ4n) is 2.92. The molecule has 0 radical (unpaired) electrons. The number of aliphatic hydroxyl groups is 1. The summed E-state index contributed by atoms with van der Waals surface area (Å²) in [5, 5.41) is 11.8. The maximum absolute atomic E-state index is 12.8. The van der Waals surface area contributed by atoms with E-state index in [-0.39, 0.29) is 18.1 Å². The average Bonchev–Trinajstić information content (AvgIpc) is 2.66. The number of ether oxygens (including phenoxy) is 1. The Morgan fingerprint density at radius 3 is 2.44 bits per heavy atom. The number of anilines is 2. The van der Waals surface area contributed by atoms with Gasteiger partial charge in [0.25, 0.3) is 5.91 Å². The molecule has 140 valence electrons. The van der Waals surface area contributed by atoms with Crippen LogP contribution >= 0.6 is 0 Å². The molecule has 2 N–H and O–H groups in total. The van der Waals surface area contributed by atoms with Crippen LogP contribution in [-0.2, 0) is 20.9 Å². The molecule has 0 saturated carbocycles.